The first-order valence-electron chi connectivity index (χ1n) is 5.40. The maximum atomic E-state index is 11.7. The average molecular weight is 238 g/mol. The molecule has 1 fully saturated rings. The maximum Gasteiger partial charge on any atom is 0.371 e. The van der Waals surface area contributed by atoms with E-state index in [4.69, 9.17) is 9.52 Å². The molecule has 92 valence electrons. The van der Waals surface area contributed by atoms with Crippen LogP contribution in [0, 0.1) is 0 Å². The Morgan fingerprint density at radius 1 is 1.41 bits per heavy atom. The molecule has 1 aliphatic heterocycles. The van der Waals surface area contributed by atoms with Crippen LogP contribution in [0.1, 0.15) is 17.0 Å². The summed E-state index contributed by atoms with van der Waals surface area (Å²) >= 11 is 0. The van der Waals surface area contributed by atoms with E-state index in [1.807, 2.05) is 0 Å². The predicted octanol–water partition coefficient (Wildman–Crippen LogP) is 0.646. The van der Waals surface area contributed by atoms with Crippen LogP contribution in [0.4, 0.5) is 5.88 Å². The summed E-state index contributed by atoms with van der Waals surface area (Å²) in [6.45, 7) is 1.62. The lowest BCUT2D eigenvalue weighted by atomic mass is 10.4. The minimum atomic E-state index is -1.10. The first-order valence-corrected chi connectivity index (χ1v) is 5.40. The molecule has 0 unspecified atom stereocenters. The Kier molecular flexibility index (Phi) is 3.03. The van der Waals surface area contributed by atoms with Gasteiger partial charge in [0.15, 0.2) is 5.88 Å². The summed E-state index contributed by atoms with van der Waals surface area (Å²) in [5.74, 6) is -0.763. The first kappa shape index (κ1) is 11.5. The molecule has 0 saturated carbocycles. The molecule has 1 saturated heterocycles. The molecule has 1 N–H and O–H groups in total. The first-order chi connectivity index (χ1) is 8.08. The van der Waals surface area contributed by atoms with Gasteiger partial charge in [0.1, 0.15) is 0 Å². The fourth-order valence-electron chi connectivity index (χ4n) is 1.79. The lowest BCUT2D eigenvalue weighted by molar-refractivity contribution is -0.127. The highest BCUT2D eigenvalue weighted by Crippen LogP contribution is 2.20. The third-order valence-electron chi connectivity index (χ3n) is 2.79. The van der Waals surface area contributed by atoms with Gasteiger partial charge in [-0.15, -0.1) is 0 Å². The van der Waals surface area contributed by atoms with Crippen LogP contribution in [0.2, 0.25) is 0 Å². The van der Waals surface area contributed by atoms with Crippen molar-refractivity contribution in [2.75, 3.05) is 31.6 Å². The average Bonchev–Trinajstić information content (AvgIpc) is 2.70. The van der Waals surface area contributed by atoms with Crippen molar-refractivity contribution in [3.8, 4) is 0 Å². The smallest absolute Gasteiger partial charge is 0.371 e. The molecule has 0 radical (unpaired) electrons. The second-order valence-electron chi connectivity index (χ2n) is 4.03. The molecule has 6 nitrogen and oxygen atoms in total. The lowest BCUT2D eigenvalue weighted by Gasteiger charge is -2.18. The Morgan fingerprint density at radius 2 is 2.18 bits per heavy atom. The monoisotopic (exact) mass is 238 g/mol. The Hall–Kier alpha value is -1.98. The number of carboxylic acid groups (broad SMARTS) is 1. The van der Waals surface area contributed by atoms with Gasteiger partial charge in [-0.3, -0.25) is 4.79 Å². The van der Waals surface area contributed by atoms with Crippen molar-refractivity contribution in [1.29, 1.82) is 0 Å². The third kappa shape index (κ3) is 2.41. The highest BCUT2D eigenvalue weighted by molar-refractivity contribution is 5.85. The highest BCUT2D eigenvalue weighted by atomic mass is 16.4. The number of hydrogen-bond acceptors (Lipinski definition) is 4. The van der Waals surface area contributed by atoms with Crippen molar-refractivity contribution in [2.24, 2.45) is 0 Å². The molecule has 0 aliphatic carbocycles. The molecule has 2 heterocycles. The molecule has 1 aromatic heterocycles. The van der Waals surface area contributed by atoms with Gasteiger partial charge < -0.3 is 19.3 Å². The maximum absolute atomic E-state index is 11.7. The van der Waals surface area contributed by atoms with Crippen LogP contribution in [-0.2, 0) is 4.79 Å². The van der Waals surface area contributed by atoms with Crippen LogP contribution in [0.25, 0.3) is 0 Å². The van der Waals surface area contributed by atoms with Crippen molar-refractivity contribution in [1.82, 2.24) is 4.90 Å². The molecule has 6 heteroatoms. The number of carbonyl (C=O) groups excluding carboxylic acids is 1. The number of carboxylic acids is 1. The zero-order valence-electron chi connectivity index (χ0n) is 9.55. The summed E-state index contributed by atoms with van der Waals surface area (Å²) in [4.78, 5) is 25.8. The van der Waals surface area contributed by atoms with Crippen LogP contribution in [-0.4, -0.2) is 48.6 Å². The predicted molar refractivity (Wildman–Crippen MR) is 60.1 cm³/mol. The lowest BCUT2D eigenvalue weighted by Crippen LogP contribution is -2.34. The fourth-order valence-corrected chi connectivity index (χ4v) is 1.79. The Labute approximate surface area is 98.4 Å². The number of furan rings is 1. The van der Waals surface area contributed by atoms with Crippen LogP contribution < -0.4 is 4.90 Å². The molecular weight excluding hydrogens is 224 g/mol. The van der Waals surface area contributed by atoms with Crippen molar-refractivity contribution in [2.45, 2.75) is 6.42 Å². The van der Waals surface area contributed by atoms with E-state index in [-0.39, 0.29) is 18.2 Å². The molecule has 0 aromatic carbocycles. The Bertz CT molecular complexity index is 440. The summed E-state index contributed by atoms with van der Waals surface area (Å²) in [5, 5.41) is 8.76. The van der Waals surface area contributed by atoms with Crippen molar-refractivity contribution >= 4 is 17.8 Å². The van der Waals surface area contributed by atoms with Crippen LogP contribution in [0.3, 0.4) is 0 Å². The number of rotatable bonds is 2. The largest absolute Gasteiger partial charge is 0.475 e. The normalized spacial score (nSPS) is 17.1. The van der Waals surface area contributed by atoms with E-state index >= 15 is 0 Å². The van der Waals surface area contributed by atoms with Crippen molar-refractivity contribution in [3.05, 3.63) is 17.9 Å². The van der Waals surface area contributed by atoms with Gasteiger partial charge in [-0.05, 0) is 12.5 Å². The molecule has 17 heavy (non-hydrogen) atoms. The van der Waals surface area contributed by atoms with Crippen molar-refractivity contribution < 1.29 is 19.1 Å². The van der Waals surface area contributed by atoms with Gasteiger partial charge in [0.25, 0.3) is 0 Å². The van der Waals surface area contributed by atoms with Crippen LogP contribution in [0.5, 0.6) is 0 Å². The number of likely N-dealkylation sites (N-methyl/N-ethyl adjacent to an activating group) is 1. The minimum Gasteiger partial charge on any atom is -0.475 e. The van der Waals surface area contributed by atoms with E-state index in [0.717, 1.165) is 6.42 Å². The van der Waals surface area contributed by atoms with E-state index in [0.29, 0.717) is 19.0 Å². The summed E-state index contributed by atoms with van der Waals surface area (Å²) in [6, 6.07) is 2.98. The second kappa shape index (κ2) is 4.48. The van der Waals surface area contributed by atoms with E-state index in [2.05, 4.69) is 0 Å². The Morgan fingerprint density at radius 3 is 2.82 bits per heavy atom. The van der Waals surface area contributed by atoms with Gasteiger partial charge in [0, 0.05) is 26.2 Å². The number of aromatic carboxylic acids is 1. The molecule has 1 aromatic rings. The van der Waals surface area contributed by atoms with E-state index in [1.54, 1.807) is 22.9 Å². The molecular formula is C11H14N2O4. The van der Waals surface area contributed by atoms with E-state index < -0.39 is 5.97 Å². The van der Waals surface area contributed by atoms with Crippen molar-refractivity contribution in [3.63, 3.8) is 0 Å². The fraction of sp³-hybridized carbons (Fsp3) is 0.455. The zero-order chi connectivity index (χ0) is 12.4. The van der Waals surface area contributed by atoms with E-state index in [9.17, 15) is 9.59 Å². The van der Waals surface area contributed by atoms with Gasteiger partial charge in [0.05, 0.1) is 6.54 Å². The summed E-state index contributed by atoms with van der Waals surface area (Å²) in [5.41, 5.74) is 0. The number of amides is 1. The summed E-state index contributed by atoms with van der Waals surface area (Å²) < 4.78 is 5.18. The molecule has 2 rings (SSSR count). The number of hydrogen-bond donors (Lipinski definition) is 1. The zero-order valence-corrected chi connectivity index (χ0v) is 9.55. The van der Waals surface area contributed by atoms with E-state index in [1.165, 1.54) is 6.07 Å². The van der Waals surface area contributed by atoms with Gasteiger partial charge in [-0.25, -0.2) is 4.79 Å². The van der Waals surface area contributed by atoms with Gasteiger partial charge in [-0.2, -0.15) is 0 Å². The topological polar surface area (TPSA) is 74.0 Å². The highest BCUT2D eigenvalue weighted by Gasteiger charge is 2.22. The number of nitrogens with zero attached hydrogens (tertiary/aromatic N) is 2. The molecule has 0 spiro atoms. The van der Waals surface area contributed by atoms with Crippen LogP contribution in [0.15, 0.2) is 16.5 Å². The summed E-state index contributed by atoms with van der Waals surface area (Å²) in [6.07, 6.45) is 0.839. The minimum absolute atomic E-state index is 0.00998. The summed E-state index contributed by atoms with van der Waals surface area (Å²) in [7, 11) is 1.76. The van der Waals surface area contributed by atoms with Gasteiger partial charge >= 0.3 is 5.97 Å². The third-order valence-corrected chi connectivity index (χ3v) is 2.79. The van der Waals surface area contributed by atoms with Gasteiger partial charge in [-0.1, -0.05) is 0 Å². The molecule has 1 aliphatic rings. The Balaban J connectivity index is 2.15. The SMILES string of the molecule is CN1CCCN(c2ccc(C(=O)O)o2)CC1=O. The van der Waals surface area contributed by atoms with Gasteiger partial charge in [0.2, 0.25) is 11.7 Å². The molecule has 0 atom stereocenters. The number of anilines is 1. The molecule has 1 amide bonds. The quantitative estimate of drug-likeness (QED) is 0.818. The molecule has 0 bridgehead atoms. The number of carbonyl (C=O) groups is 2. The standard InChI is InChI=1S/C11H14N2O4/c1-12-5-2-6-13(7-9(12)14)10-4-3-8(17-10)11(15)16/h3-4H,2,5-7H2,1H3,(H,15,16). The van der Waals surface area contributed by atoms with Crippen LogP contribution >= 0.6 is 0 Å². The second-order valence-corrected chi connectivity index (χ2v) is 4.03.